The van der Waals surface area contributed by atoms with Gasteiger partial charge in [-0.25, -0.2) is 13.2 Å². The number of nitrogens with zero attached hydrogens (tertiary/aromatic N) is 2. The van der Waals surface area contributed by atoms with E-state index in [0.29, 0.717) is 13.1 Å². The van der Waals surface area contributed by atoms with Gasteiger partial charge in [-0.1, -0.05) is 25.4 Å². The number of carboxylic acids is 1. The summed E-state index contributed by atoms with van der Waals surface area (Å²) in [5, 5.41) is 9.00. The van der Waals surface area contributed by atoms with Crippen LogP contribution in [-0.4, -0.2) is 60.8 Å². The first-order valence-electron chi connectivity index (χ1n) is 7.46. The largest absolute Gasteiger partial charge is 0.478 e. The molecule has 1 saturated heterocycles. The zero-order chi connectivity index (χ0) is 18.1. The van der Waals surface area contributed by atoms with Gasteiger partial charge in [0.25, 0.3) is 0 Å². The highest BCUT2D eigenvalue weighted by Crippen LogP contribution is 2.27. The smallest absolute Gasteiger partial charge is 0.335 e. The van der Waals surface area contributed by atoms with Gasteiger partial charge < -0.3 is 10.0 Å². The van der Waals surface area contributed by atoms with Crippen molar-refractivity contribution in [2.45, 2.75) is 18.7 Å². The molecule has 0 atom stereocenters. The topological polar surface area (TPSA) is 95.0 Å². The van der Waals surface area contributed by atoms with E-state index in [9.17, 15) is 18.0 Å². The Kier molecular flexibility index (Phi) is 5.52. The molecule has 1 amide bonds. The number of hydrogen-bond acceptors (Lipinski definition) is 4. The molecule has 1 aromatic rings. The molecule has 0 radical (unpaired) electrons. The van der Waals surface area contributed by atoms with E-state index in [0.717, 1.165) is 6.07 Å². The van der Waals surface area contributed by atoms with Gasteiger partial charge in [-0.05, 0) is 18.2 Å². The molecule has 24 heavy (non-hydrogen) atoms. The van der Waals surface area contributed by atoms with Gasteiger partial charge in [-0.15, -0.1) is 0 Å². The first-order valence-corrected chi connectivity index (χ1v) is 9.28. The summed E-state index contributed by atoms with van der Waals surface area (Å²) in [5.74, 6) is -1.39. The second kappa shape index (κ2) is 7.08. The molecule has 1 aromatic carbocycles. The molecule has 1 N–H and O–H groups in total. The minimum absolute atomic E-state index is 0.0158. The van der Waals surface area contributed by atoms with E-state index in [1.807, 2.05) is 0 Å². The van der Waals surface area contributed by atoms with Crippen molar-refractivity contribution in [3.8, 4) is 0 Å². The van der Waals surface area contributed by atoms with Gasteiger partial charge in [0.2, 0.25) is 15.9 Å². The number of halogens is 1. The van der Waals surface area contributed by atoms with Crippen LogP contribution in [0.15, 0.2) is 23.1 Å². The molecule has 2 rings (SSSR count). The summed E-state index contributed by atoms with van der Waals surface area (Å²) in [7, 11) is -3.92. The molecule has 0 spiro atoms. The van der Waals surface area contributed by atoms with Crippen molar-refractivity contribution in [3.63, 3.8) is 0 Å². The van der Waals surface area contributed by atoms with Crippen LogP contribution in [0.3, 0.4) is 0 Å². The molecule has 0 bridgehead atoms. The lowest BCUT2D eigenvalue weighted by Crippen LogP contribution is -2.51. The number of rotatable bonds is 4. The van der Waals surface area contributed by atoms with Crippen molar-refractivity contribution >= 4 is 33.5 Å². The van der Waals surface area contributed by atoms with Crippen LogP contribution >= 0.6 is 11.6 Å². The third-order valence-electron chi connectivity index (χ3n) is 3.84. The number of carbonyl (C=O) groups excluding carboxylic acids is 1. The van der Waals surface area contributed by atoms with Crippen molar-refractivity contribution in [1.82, 2.24) is 9.21 Å². The van der Waals surface area contributed by atoms with Gasteiger partial charge in [0.05, 0.1) is 10.6 Å². The van der Waals surface area contributed by atoms with Gasteiger partial charge in [-0.3, -0.25) is 4.79 Å². The molecule has 0 saturated carbocycles. The fourth-order valence-corrected chi connectivity index (χ4v) is 4.41. The minimum Gasteiger partial charge on any atom is -0.478 e. The predicted octanol–water partition coefficient (Wildman–Crippen LogP) is 1.53. The maximum Gasteiger partial charge on any atom is 0.335 e. The lowest BCUT2D eigenvalue weighted by Gasteiger charge is -2.35. The van der Waals surface area contributed by atoms with Crippen molar-refractivity contribution in [2.75, 3.05) is 26.2 Å². The molecular formula is C15H19ClN2O5S. The average Bonchev–Trinajstić information content (AvgIpc) is 2.54. The monoisotopic (exact) mass is 374 g/mol. The Morgan fingerprint density at radius 2 is 1.75 bits per heavy atom. The highest BCUT2D eigenvalue weighted by molar-refractivity contribution is 7.89. The highest BCUT2D eigenvalue weighted by Gasteiger charge is 2.32. The number of hydrogen-bond donors (Lipinski definition) is 1. The Hall–Kier alpha value is -1.64. The Morgan fingerprint density at radius 1 is 1.17 bits per heavy atom. The van der Waals surface area contributed by atoms with Gasteiger partial charge in [0.1, 0.15) is 4.90 Å². The molecule has 132 valence electrons. The summed E-state index contributed by atoms with van der Waals surface area (Å²) in [6.07, 6.45) is 0. The van der Waals surface area contributed by atoms with Gasteiger partial charge >= 0.3 is 5.97 Å². The van der Waals surface area contributed by atoms with E-state index in [1.165, 1.54) is 16.4 Å². The van der Waals surface area contributed by atoms with Crippen LogP contribution in [0.1, 0.15) is 24.2 Å². The maximum absolute atomic E-state index is 12.7. The molecule has 1 fully saturated rings. The zero-order valence-corrected chi connectivity index (χ0v) is 15.0. The van der Waals surface area contributed by atoms with Crippen molar-refractivity contribution < 1.29 is 23.1 Å². The molecule has 0 aromatic heterocycles. The maximum atomic E-state index is 12.7. The fourth-order valence-electron chi connectivity index (χ4n) is 2.49. The van der Waals surface area contributed by atoms with Crippen LogP contribution in [0.25, 0.3) is 0 Å². The lowest BCUT2D eigenvalue weighted by atomic mass is 10.2. The highest BCUT2D eigenvalue weighted by atomic mass is 35.5. The molecule has 0 unspecified atom stereocenters. The average molecular weight is 375 g/mol. The van der Waals surface area contributed by atoms with Crippen molar-refractivity contribution in [1.29, 1.82) is 0 Å². The SMILES string of the molecule is CC(C)C(=O)N1CCN(S(=O)(=O)c2cc(C(=O)O)ccc2Cl)CC1. The van der Waals surface area contributed by atoms with Crippen molar-refractivity contribution in [2.24, 2.45) is 5.92 Å². The van der Waals surface area contributed by atoms with Crippen LogP contribution in [-0.2, 0) is 14.8 Å². The van der Waals surface area contributed by atoms with E-state index < -0.39 is 16.0 Å². The summed E-state index contributed by atoms with van der Waals surface area (Å²) in [4.78, 5) is 24.4. The molecule has 1 heterocycles. The van der Waals surface area contributed by atoms with E-state index in [2.05, 4.69) is 0 Å². The summed E-state index contributed by atoms with van der Waals surface area (Å²) < 4.78 is 26.7. The second-order valence-corrected chi connectivity index (χ2v) is 8.15. The summed E-state index contributed by atoms with van der Waals surface area (Å²) >= 11 is 5.96. The van der Waals surface area contributed by atoms with E-state index in [1.54, 1.807) is 18.7 Å². The van der Waals surface area contributed by atoms with Crippen LogP contribution < -0.4 is 0 Å². The van der Waals surface area contributed by atoms with Crippen LogP contribution in [0, 0.1) is 5.92 Å². The minimum atomic E-state index is -3.92. The number of amides is 1. The number of aromatic carboxylic acids is 1. The third-order valence-corrected chi connectivity index (χ3v) is 6.22. The first kappa shape index (κ1) is 18.7. The number of carbonyl (C=O) groups is 2. The number of sulfonamides is 1. The van der Waals surface area contributed by atoms with Crippen LogP contribution in [0.4, 0.5) is 0 Å². The van der Waals surface area contributed by atoms with Crippen molar-refractivity contribution in [3.05, 3.63) is 28.8 Å². The fraction of sp³-hybridized carbons (Fsp3) is 0.467. The first-order chi connectivity index (χ1) is 11.1. The Balaban J connectivity index is 2.22. The van der Waals surface area contributed by atoms with E-state index in [4.69, 9.17) is 16.7 Å². The lowest BCUT2D eigenvalue weighted by molar-refractivity contribution is -0.135. The normalized spacial score (nSPS) is 16.4. The Morgan fingerprint density at radius 3 is 2.25 bits per heavy atom. The molecular weight excluding hydrogens is 356 g/mol. The quantitative estimate of drug-likeness (QED) is 0.862. The molecule has 0 aliphatic carbocycles. The Labute approximate surface area is 145 Å². The molecule has 1 aliphatic rings. The number of carboxylic acid groups (broad SMARTS) is 1. The predicted molar refractivity (Wildman–Crippen MR) is 88.6 cm³/mol. The molecule has 1 aliphatic heterocycles. The third kappa shape index (κ3) is 3.71. The number of benzene rings is 1. The standard InChI is InChI=1S/C15H19ClN2O5S/c1-10(2)14(19)17-5-7-18(8-6-17)24(22,23)13-9-11(15(20)21)3-4-12(13)16/h3-4,9-10H,5-8H2,1-2H3,(H,20,21). The second-order valence-electron chi connectivity index (χ2n) is 5.83. The van der Waals surface area contributed by atoms with Crippen LogP contribution in [0.2, 0.25) is 5.02 Å². The molecule has 9 heteroatoms. The summed E-state index contributed by atoms with van der Waals surface area (Å²) in [6, 6.07) is 3.57. The van der Waals surface area contributed by atoms with Gasteiger partial charge in [0, 0.05) is 32.1 Å². The van der Waals surface area contributed by atoms with E-state index in [-0.39, 0.29) is 40.4 Å². The summed E-state index contributed by atoms with van der Waals surface area (Å²) in [5.41, 5.74) is -0.147. The zero-order valence-electron chi connectivity index (χ0n) is 13.4. The van der Waals surface area contributed by atoms with Gasteiger partial charge in [0.15, 0.2) is 0 Å². The van der Waals surface area contributed by atoms with Gasteiger partial charge in [-0.2, -0.15) is 4.31 Å². The van der Waals surface area contributed by atoms with Crippen LogP contribution in [0.5, 0.6) is 0 Å². The Bertz CT molecular complexity index is 755. The summed E-state index contributed by atoms with van der Waals surface area (Å²) in [6.45, 7) is 4.48. The van der Waals surface area contributed by atoms with E-state index >= 15 is 0 Å². The molecule has 7 nitrogen and oxygen atoms in total. The number of piperazine rings is 1.